The number of carbonyl (C=O) groups excluding carboxylic acids is 1. The van der Waals surface area contributed by atoms with E-state index in [1.54, 1.807) is 0 Å². The molecule has 0 radical (unpaired) electrons. The van der Waals surface area contributed by atoms with Crippen molar-refractivity contribution >= 4 is 40.4 Å². The standard InChI is InChI=1S/C33H40N8O2/c1-5-31(42)36-29-19-26(41-17-15-25(16-18-41)40(4)24-9-8-10-24)13-14-27(29)38-33-35-21-23(20-34)32(39-33)37-28-11-6-7-12-30(28)43-22(2)3/h5-7,11-14,19,21-22,24-25H,1,8-10,15-18H2,2-4H3,(H,36,42)(H2,35,37,38,39). The van der Waals surface area contributed by atoms with E-state index in [4.69, 9.17) is 4.74 Å². The van der Waals surface area contributed by atoms with Crippen molar-refractivity contribution in [3.8, 4) is 11.8 Å². The highest BCUT2D eigenvalue weighted by Gasteiger charge is 2.30. The van der Waals surface area contributed by atoms with E-state index in [9.17, 15) is 10.1 Å². The Morgan fingerprint density at radius 2 is 1.84 bits per heavy atom. The van der Waals surface area contributed by atoms with Gasteiger partial charge < -0.3 is 30.5 Å². The predicted octanol–water partition coefficient (Wildman–Crippen LogP) is 6.20. The van der Waals surface area contributed by atoms with Gasteiger partial charge in [0.1, 0.15) is 17.4 Å². The minimum absolute atomic E-state index is 0.0202. The van der Waals surface area contributed by atoms with Crippen LogP contribution in [-0.2, 0) is 4.79 Å². The highest BCUT2D eigenvalue weighted by Crippen LogP contribution is 2.34. The molecule has 2 fully saturated rings. The summed E-state index contributed by atoms with van der Waals surface area (Å²) in [6.45, 7) is 9.43. The number of aromatic nitrogens is 2. The van der Waals surface area contributed by atoms with Crippen LogP contribution in [-0.4, -0.2) is 59.1 Å². The Hall–Kier alpha value is -4.62. The summed E-state index contributed by atoms with van der Waals surface area (Å²) < 4.78 is 5.92. The molecule has 10 nitrogen and oxygen atoms in total. The highest BCUT2D eigenvalue weighted by molar-refractivity contribution is 6.02. The summed E-state index contributed by atoms with van der Waals surface area (Å²) in [7, 11) is 2.28. The molecule has 43 heavy (non-hydrogen) atoms. The molecule has 0 spiro atoms. The van der Waals surface area contributed by atoms with E-state index in [1.165, 1.54) is 31.5 Å². The predicted molar refractivity (Wildman–Crippen MR) is 171 cm³/mol. The number of piperidine rings is 1. The van der Waals surface area contributed by atoms with Gasteiger partial charge in [-0.2, -0.15) is 10.2 Å². The summed E-state index contributed by atoms with van der Waals surface area (Å²) in [6.07, 6.45) is 8.90. The van der Waals surface area contributed by atoms with Crippen LogP contribution in [0.4, 0.5) is 34.5 Å². The minimum Gasteiger partial charge on any atom is -0.489 e. The molecule has 1 saturated heterocycles. The second kappa shape index (κ2) is 13.6. The second-order valence-corrected chi connectivity index (χ2v) is 11.4. The van der Waals surface area contributed by atoms with Crippen molar-refractivity contribution in [2.24, 2.45) is 0 Å². The molecule has 10 heteroatoms. The molecule has 1 saturated carbocycles. The molecule has 3 aromatic rings. The monoisotopic (exact) mass is 580 g/mol. The SMILES string of the molecule is C=CC(=O)Nc1cc(N2CCC(N(C)C3CCC3)CC2)ccc1Nc1ncc(C#N)c(Nc2ccccc2OC(C)C)n1. The molecule has 1 aromatic heterocycles. The van der Waals surface area contributed by atoms with Gasteiger partial charge in [0.05, 0.1) is 29.4 Å². The van der Waals surface area contributed by atoms with Crippen LogP contribution in [0.1, 0.15) is 51.5 Å². The van der Waals surface area contributed by atoms with Crippen LogP contribution in [0.5, 0.6) is 5.75 Å². The van der Waals surface area contributed by atoms with Gasteiger partial charge in [-0.1, -0.05) is 25.1 Å². The molecule has 0 unspecified atom stereocenters. The van der Waals surface area contributed by atoms with Crippen molar-refractivity contribution in [1.29, 1.82) is 5.26 Å². The van der Waals surface area contributed by atoms with Gasteiger partial charge in [0.25, 0.3) is 0 Å². The number of benzene rings is 2. The Kier molecular flexibility index (Phi) is 9.42. The minimum atomic E-state index is -0.314. The van der Waals surface area contributed by atoms with Crippen LogP contribution >= 0.6 is 0 Å². The Morgan fingerprint density at radius 3 is 2.51 bits per heavy atom. The van der Waals surface area contributed by atoms with Gasteiger partial charge >= 0.3 is 0 Å². The molecule has 224 valence electrons. The first-order valence-corrected chi connectivity index (χ1v) is 15.0. The number of nitriles is 1. The van der Waals surface area contributed by atoms with Gasteiger partial charge in [0.2, 0.25) is 11.9 Å². The highest BCUT2D eigenvalue weighted by atomic mass is 16.5. The second-order valence-electron chi connectivity index (χ2n) is 11.4. The Labute approximate surface area is 253 Å². The van der Waals surface area contributed by atoms with E-state index in [0.29, 0.717) is 34.7 Å². The largest absolute Gasteiger partial charge is 0.489 e. The molecule has 5 rings (SSSR count). The molecule has 1 amide bonds. The lowest BCUT2D eigenvalue weighted by Crippen LogP contribution is -2.49. The van der Waals surface area contributed by atoms with Crippen molar-refractivity contribution in [3.05, 3.63) is 66.9 Å². The summed E-state index contributed by atoms with van der Waals surface area (Å²) in [5.74, 6) is 0.942. The Balaban J connectivity index is 1.35. The summed E-state index contributed by atoms with van der Waals surface area (Å²) >= 11 is 0. The van der Waals surface area contributed by atoms with Crippen LogP contribution in [0.15, 0.2) is 61.3 Å². The lowest BCUT2D eigenvalue weighted by molar-refractivity contribution is -0.111. The van der Waals surface area contributed by atoms with Gasteiger partial charge in [-0.15, -0.1) is 0 Å². The first-order chi connectivity index (χ1) is 20.8. The molecular formula is C33H40N8O2. The first kappa shape index (κ1) is 29.9. The summed E-state index contributed by atoms with van der Waals surface area (Å²) in [4.78, 5) is 26.3. The maximum absolute atomic E-state index is 12.4. The molecule has 1 aliphatic heterocycles. The quantitative estimate of drug-likeness (QED) is 0.228. The smallest absolute Gasteiger partial charge is 0.247 e. The van der Waals surface area contributed by atoms with Gasteiger partial charge in [-0.3, -0.25) is 4.79 Å². The Morgan fingerprint density at radius 1 is 1.09 bits per heavy atom. The zero-order valence-electron chi connectivity index (χ0n) is 25.1. The number of para-hydroxylation sites is 2. The molecule has 2 aromatic carbocycles. The van der Waals surface area contributed by atoms with Gasteiger partial charge in [0, 0.05) is 30.9 Å². The number of nitrogens with one attached hydrogen (secondary N) is 3. The van der Waals surface area contributed by atoms with Crippen LogP contribution in [0.3, 0.4) is 0 Å². The third kappa shape index (κ3) is 7.24. The summed E-state index contributed by atoms with van der Waals surface area (Å²) in [5, 5.41) is 19.1. The molecule has 1 aliphatic carbocycles. The lowest BCUT2D eigenvalue weighted by atomic mass is 9.89. The number of amides is 1. The molecule has 3 N–H and O–H groups in total. The van der Waals surface area contributed by atoms with Crippen LogP contribution < -0.4 is 25.6 Å². The van der Waals surface area contributed by atoms with Gasteiger partial charge in [-0.25, -0.2) is 4.98 Å². The van der Waals surface area contributed by atoms with E-state index < -0.39 is 0 Å². The molecular weight excluding hydrogens is 540 g/mol. The molecule has 0 bridgehead atoms. The third-order valence-electron chi connectivity index (χ3n) is 8.16. The van der Waals surface area contributed by atoms with E-state index in [1.807, 2.05) is 56.3 Å². The number of anilines is 6. The van der Waals surface area contributed by atoms with Crippen LogP contribution in [0, 0.1) is 11.3 Å². The van der Waals surface area contributed by atoms with E-state index in [2.05, 4.69) is 55.4 Å². The molecule has 0 atom stereocenters. The fourth-order valence-electron chi connectivity index (χ4n) is 5.54. The van der Waals surface area contributed by atoms with Crippen molar-refractivity contribution in [3.63, 3.8) is 0 Å². The fraction of sp³-hybridized carbons (Fsp3) is 0.394. The Bertz CT molecular complexity index is 1490. The fourth-order valence-corrected chi connectivity index (χ4v) is 5.54. The molecule has 2 aliphatic rings. The van der Waals surface area contributed by atoms with E-state index in [0.717, 1.165) is 37.7 Å². The maximum Gasteiger partial charge on any atom is 0.247 e. The average molecular weight is 581 g/mol. The summed E-state index contributed by atoms with van der Waals surface area (Å²) in [6, 6.07) is 16.9. The van der Waals surface area contributed by atoms with Gasteiger partial charge in [0.15, 0.2) is 5.82 Å². The number of rotatable bonds is 11. The van der Waals surface area contributed by atoms with Crippen molar-refractivity contribution in [2.45, 2.75) is 64.1 Å². The third-order valence-corrected chi connectivity index (χ3v) is 8.16. The summed E-state index contributed by atoms with van der Waals surface area (Å²) in [5.41, 5.74) is 3.22. The molecule has 2 heterocycles. The van der Waals surface area contributed by atoms with Gasteiger partial charge in [-0.05, 0) is 83.0 Å². The lowest BCUT2D eigenvalue weighted by Gasteiger charge is -2.44. The number of carbonyl (C=O) groups is 1. The number of ether oxygens (including phenoxy) is 1. The number of hydrogen-bond donors (Lipinski definition) is 3. The van der Waals surface area contributed by atoms with Crippen molar-refractivity contribution < 1.29 is 9.53 Å². The van der Waals surface area contributed by atoms with Crippen LogP contribution in [0.2, 0.25) is 0 Å². The maximum atomic E-state index is 12.4. The first-order valence-electron chi connectivity index (χ1n) is 15.0. The van der Waals surface area contributed by atoms with E-state index in [-0.39, 0.29) is 23.5 Å². The zero-order chi connectivity index (χ0) is 30.3. The van der Waals surface area contributed by atoms with Crippen molar-refractivity contribution in [2.75, 3.05) is 41.0 Å². The van der Waals surface area contributed by atoms with Crippen molar-refractivity contribution in [1.82, 2.24) is 14.9 Å². The average Bonchev–Trinajstić information content (AvgIpc) is 2.98. The van der Waals surface area contributed by atoms with Crippen LogP contribution in [0.25, 0.3) is 0 Å². The number of nitrogens with zero attached hydrogens (tertiary/aromatic N) is 5. The zero-order valence-corrected chi connectivity index (χ0v) is 25.1. The topological polar surface area (TPSA) is 118 Å². The number of hydrogen-bond acceptors (Lipinski definition) is 9. The normalized spacial score (nSPS) is 15.5. The van der Waals surface area contributed by atoms with E-state index >= 15 is 0 Å².